The minimum absolute atomic E-state index is 0.0492. The highest BCUT2D eigenvalue weighted by molar-refractivity contribution is 7.90. The van der Waals surface area contributed by atoms with Crippen LogP contribution in [0.5, 0.6) is 0 Å². The predicted molar refractivity (Wildman–Crippen MR) is 302 cm³/mol. The summed E-state index contributed by atoms with van der Waals surface area (Å²) in [5.74, 6) is -1.43. The predicted octanol–water partition coefficient (Wildman–Crippen LogP) is 10.3. The molecule has 0 bridgehead atoms. The molecule has 1 saturated heterocycles. The maximum atomic E-state index is 16.8. The van der Waals surface area contributed by atoms with Crippen LogP contribution in [0.4, 0.5) is 35.4 Å². The number of likely N-dealkylation sites (N-methyl/N-ethyl adjacent to an activating group) is 1. The van der Waals surface area contributed by atoms with Gasteiger partial charge in [-0.25, -0.2) is 26.8 Å². The Labute approximate surface area is 459 Å². The third kappa shape index (κ3) is 11.8. The van der Waals surface area contributed by atoms with Crippen molar-refractivity contribution < 1.29 is 44.6 Å². The maximum absolute atomic E-state index is 16.8. The number of fused-ring (bicyclic) bond motifs is 3. The number of nitrogens with zero attached hydrogens (tertiary/aromatic N) is 5. The molecule has 0 aliphatic carbocycles. The zero-order chi connectivity index (χ0) is 56.5. The van der Waals surface area contributed by atoms with Crippen LogP contribution in [0.25, 0.3) is 10.9 Å². The number of primary amides is 1. The molecule has 3 aliphatic rings. The summed E-state index contributed by atoms with van der Waals surface area (Å²) in [5.41, 5.74) is 7.62. The van der Waals surface area contributed by atoms with E-state index in [2.05, 4.69) is 52.3 Å². The summed E-state index contributed by atoms with van der Waals surface area (Å²) in [5, 5.41) is 5.71. The van der Waals surface area contributed by atoms with E-state index in [4.69, 9.17) is 17.3 Å². The number of carbonyl (C=O) groups is 3. The Kier molecular flexibility index (Phi) is 16.5. The van der Waals surface area contributed by atoms with E-state index < -0.39 is 73.8 Å². The first kappa shape index (κ1) is 57.3. The number of carbonyl (C=O) groups excluding carboxylic acids is 3. The first-order valence-corrected chi connectivity index (χ1v) is 29.4. The highest BCUT2D eigenvalue weighted by atomic mass is 35.5. The first-order chi connectivity index (χ1) is 36.8. The number of alkyl halides is 1. The Bertz CT molecular complexity index is 3520. The lowest BCUT2D eigenvalue weighted by Crippen LogP contribution is -2.47. The fourth-order valence-corrected chi connectivity index (χ4v) is 12.3. The van der Waals surface area contributed by atoms with Gasteiger partial charge in [0.25, 0.3) is 10.1 Å². The van der Waals surface area contributed by atoms with Gasteiger partial charge in [-0.1, -0.05) is 100 Å². The van der Waals surface area contributed by atoms with Crippen LogP contribution < -0.4 is 26.2 Å². The van der Waals surface area contributed by atoms with Crippen molar-refractivity contribution in [1.82, 2.24) is 14.8 Å². The van der Waals surface area contributed by atoms with E-state index in [0.29, 0.717) is 36.8 Å². The van der Waals surface area contributed by atoms with E-state index >= 15 is 4.39 Å². The number of para-hydroxylation sites is 1. The van der Waals surface area contributed by atoms with Crippen molar-refractivity contribution in [2.75, 3.05) is 47.6 Å². The summed E-state index contributed by atoms with van der Waals surface area (Å²) in [6, 6.07) is 18.1. The number of halogens is 3. The Morgan fingerprint density at radius 3 is 2.35 bits per heavy atom. The molecule has 21 heteroatoms. The van der Waals surface area contributed by atoms with E-state index in [1.54, 1.807) is 48.7 Å². The molecule has 0 spiro atoms. The van der Waals surface area contributed by atoms with Gasteiger partial charge in [-0.3, -0.25) is 18.9 Å². The average Bonchev–Trinajstić information content (AvgIpc) is 4.14. The van der Waals surface area contributed by atoms with Gasteiger partial charge in [0.1, 0.15) is 17.5 Å². The number of aliphatic imine (C=N–C) groups is 1. The van der Waals surface area contributed by atoms with Gasteiger partial charge in [0.05, 0.1) is 45.1 Å². The van der Waals surface area contributed by atoms with Gasteiger partial charge in [0.2, 0.25) is 5.91 Å². The van der Waals surface area contributed by atoms with Crippen molar-refractivity contribution in [1.29, 1.82) is 0 Å². The van der Waals surface area contributed by atoms with Crippen LogP contribution in [0.15, 0.2) is 136 Å². The number of nitrogens with two attached hydrogens (primary N) is 1. The van der Waals surface area contributed by atoms with Crippen LogP contribution in [0.2, 0.25) is 5.02 Å². The minimum Gasteiger partial charge on any atom is -0.364 e. The van der Waals surface area contributed by atoms with Gasteiger partial charge >= 0.3 is 12.1 Å². The number of unbranched alkanes of at least 4 members (excludes halogenated alkanes) is 3. The molecule has 4 aromatic carbocycles. The Morgan fingerprint density at radius 1 is 0.910 bits per heavy atom. The van der Waals surface area contributed by atoms with Crippen LogP contribution in [0.1, 0.15) is 83.4 Å². The van der Waals surface area contributed by atoms with Gasteiger partial charge in [0.15, 0.2) is 9.84 Å². The van der Waals surface area contributed by atoms with Crippen molar-refractivity contribution in [3.8, 4) is 0 Å². The van der Waals surface area contributed by atoms with Gasteiger partial charge in [-0.2, -0.15) is 8.42 Å². The van der Waals surface area contributed by atoms with Crippen molar-refractivity contribution >= 4 is 83.7 Å². The molecule has 1 aromatic heterocycles. The summed E-state index contributed by atoms with van der Waals surface area (Å²) in [4.78, 5) is 49.9. The number of sulfone groups is 1. The zero-order valence-electron chi connectivity index (χ0n) is 44.3. The normalized spacial score (nSPS) is 20.4. The third-order valence-electron chi connectivity index (χ3n) is 15.1. The molecule has 3 atom stereocenters. The number of allylic oxidation sites excluding steroid dienone is 5. The Morgan fingerprint density at radius 2 is 1.63 bits per heavy atom. The lowest BCUT2D eigenvalue weighted by Gasteiger charge is -2.31. The van der Waals surface area contributed by atoms with Crippen LogP contribution in [0.3, 0.4) is 0 Å². The second kappa shape index (κ2) is 22.5. The lowest BCUT2D eigenvalue weighted by atomic mass is 9.80. The summed E-state index contributed by atoms with van der Waals surface area (Å²) >= 11 is 5.95. The number of aromatic nitrogens is 1. The number of hydrogen-bond donors (Lipinski definition) is 4. The lowest BCUT2D eigenvalue weighted by molar-refractivity contribution is -0.124. The molecule has 78 heavy (non-hydrogen) atoms. The molecule has 16 nitrogen and oxygen atoms in total. The Hall–Kier alpha value is -6.87. The molecule has 5 aromatic rings. The van der Waals surface area contributed by atoms with Crippen LogP contribution >= 0.6 is 11.6 Å². The van der Waals surface area contributed by atoms with Crippen LogP contribution in [-0.2, 0) is 42.1 Å². The van der Waals surface area contributed by atoms with E-state index in [0.717, 1.165) is 50.5 Å². The number of anilines is 3. The second-order valence-corrected chi connectivity index (χ2v) is 25.0. The molecule has 4 amide bonds. The highest BCUT2D eigenvalue weighted by Gasteiger charge is 2.50. The molecule has 4 heterocycles. The fourth-order valence-electron chi connectivity index (χ4n) is 11.0. The first-order valence-electron chi connectivity index (χ1n) is 25.7. The van der Waals surface area contributed by atoms with Gasteiger partial charge in [-0.15, -0.1) is 0 Å². The number of hydrogen-bond acceptors (Lipinski definition) is 10. The zero-order valence-corrected chi connectivity index (χ0v) is 46.7. The number of likely N-dealkylation sites (tertiary alicyclic amines) is 1. The summed E-state index contributed by atoms with van der Waals surface area (Å²) < 4.78 is 92.1. The van der Waals surface area contributed by atoms with Crippen LogP contribution in [-0.4, -0.2) is 105 Å². The quantitative estimate of drug-likeness (QED) is 0.0282. The van der Waals surface area contributed by atoms with E-state index in [9.17, 15) is 40.2 Å². The molecule has 1 fully saturated rings. The largest absolute Gasteiger partial charge is 0.364 e. The third-order valence-corrected chi connectivity index (χ3v) is 17.3. The number of amides is 4. The van der Waals surface area contributed by atoms with Gasteiger partial charge in [0, 0.05) is 77.4 Å². The average molecular weight is 1130 g/mol. The van der Waals surface area contributed by atoms with Crippen molar-refractivity contribution in [2.24, 2.45) is 10.7 Å². The molecule has 0 saturated carbocycles. The van der Waals surface area contributed by atoms with E-state index in [1.807, 2.05) is 44.2 Å². The smallest absolute Gasteiger partial charge is 0.323 e. The van der Waals surface area contributed by atoms with E-state index in [-0.39, 0.29) is 50.6 Å². The topological polar surface area (TPSA) is 217 Å². The van der Waals surface area contributed by atoms with E-state index in [1.165, 1.54) is 42.8 Å². The monoisotopic (exact) mass is 1130 g/mol. The molecule has 3 unspecified atom stereocenters. The van der Waals surface area contributed by atoms with Crippen molar-refractivity contribution in [3.63, 3.8) is 0 Å². The number of nitrogens with one attached hydrogen (secondary N) is 2. The number of urea groups is 1. The summed E-state index contributed by atoms with van der Waals surface area (Å²) in [6.45, 7) is 10.5. The SMILES string of the molecule is CCN1c2ccc(S(C)(=O)=O)cc2C(C)(C)C1C=CC=CC=C1N(CCCCCC=NCC2(F)CC(C(=O)NCc3cccc(Cl)c3F)N(C(=O)Nc3cn(C(N)=O)c4ccccc34)C2)c2ccc(S(=O)(=O)O)cc2C1(C)C. The molecule has 3 aliphatic heterocycles. The molecule has 8 rings (SSSR count). The molecular formula is C57H65ClF2N8O8S2. The summed E-state index contributed by atoms with van der Waals surface area (Å²) in [7, 11) is -7.87. The molecular weight excluding hydrogens is 1060 g/mol. The maximum Gasteiger partial charge on any atom is 0.323 e. The molecule has 414 valence electrons. The van der Waals surface area contributed by atoms with Gasteiger partial charge < -0.3 is 31.1 Å². The Balaban J connectivity index is 0.919. The number of benzene rings is 4. The fraction of sp³-hybridized carbons (Fsp3) is 0.368. The minimum atomic E-state index is -4.48. The number of rotatable bonds is 18. The van der Waals surface area contributed by atoms with Crippen LogP contribution in [0, 0.1) is 5.82 Å². The van der Waals surface area contributed by atoms with Crippen molar-refractivity contribution in [3.05, 3.63) is 149 Å². The van der Waals surface area contributed by atoms with Gasteiger partial charge in [-0.05, 0) is 98.1 Å². The molecule has 5 N–H and O–H groups in total. The molecule has 0 radical (unpaired) electrons. The van der Waals surface area contributed by atoms with Crippen molar-refractivity contribution in [2.45, 2.75) is 112 Å². The highest BCUT2D eigenvalue weighted by Crippen LogP contribution is 2.49. The second-order valence-electron chi connectivity index (χ2n) is 21.2. The standard InChI is InChI=1S/C57H65ClF2N8O8S2/c1-7-65-46-26-24-38(77(6,72)73)30-41(46)55(2,3)49(65)22-11-10-12-23-50-56(4,5)42-31-39(78(74,75)76)25-27-47(42)66(50)29-16-9-8-15-28-62-35-57(60)32-48(52(69)63-33-37-18-17-20-43(58)51(37)59)68(36-57)54(71)64-44-34-67(53(61)70)45-21-14-13-19-40(44)45/h10-14,17-28,30-31,34,48-49H,7-9,15-16,29,32-33,35-36H2,1-6H3,(H2,61,70)(H,63,69)(H,64,71)(H,74,75,76). The summed E-state index contributed by atoms with van der Waals surface area (Å²) in [6.07, 6.45) is 16.5.